The number of carboxylic acids is 1. The van der Waals surface area contributed by atoms with E-state index in [1.54, 1.807) is 29.2 Å². The van der Waals surface area contributed by atoms with Crippen molar-refractivity contribution in [3.05, 3.63) is 52.1 Å². The van der Waals surface area contributed by atoms with E-state index in [2.05, 4.69) is 10.6 Å². The van der Waals surface area contributed by atoms with Crippen molar-refractivity contribution >= 4 is 35.1 Å². The Kier molecular flexibility index (Phi) is 10.3. The maximum Gasteiger partial charge on any atom is 0.303 e. The van der Waals surface area contributed by atoms with Crippen LogP contribution in [0.2, 0.25) is 0 Å². The Bertz CT molecular complexity index is 1390. The van der Waals surface area contributed by atoms with Gasteiger partial charge in [-0.05, 0) is 55.0 Å². The molecule has 0 atom stereocenters. The maximum absolute atomic E-state index is 13.6. The number of rotatable bonds is 13. The van der Waals surface area contributed by atoms with E-state index in [9.17, 15) is 19.2 Å². The molecule has 2 aromatic rings. The summed E-state index contributed by atoms with van der Waals surface area (Å²) in [6, 6.07) is 6.71. The summed E-state index contributed by atoms with van der Waals surface area (Å²) in [5.74, 6) is -0.791. The average Bonchev–Trinajstić information content (AvgIpc) is 3.20. The van der Waals surface area contributed by atoms with Crippen LogP contribution in [0, 0.1) is 5.41 Å². The third kappa shape index (κ3) is 7.65. The molecule has 0 aliphatic carbocycles. The van der Waals surface area contributed by atoms with E-state index in [0.717, 1.165) is 5.56 Å². The third-order valence-corrected chi connectivity index (χ3v) is 6.80. The molecule has 1 aliphatic heterocycles. The number of Topliss-reactive ketones (excluding diaryl/α,β-unsaturated/α-hetero) is 1. The van der Waals surface area contributed by atoms with Gasteiger partial charge in [0.1, 0.15) is 17.3 Å². The lowest BCUT2D eigenvalue weighted by Gasteiger charge is -2.26. The average molecular weight is 581 g/mol. The predicted octanol–water partition coefficient (Wildman–Crippen LogP) is 4.36. The van der Waals surface area contributed by atoms with Gasteiger partial charge in [-0.3, -0.25) is 24.6 Å². The summed E-state index contributed by atoms with van der Waals surface area (Å²) in [7, 11) is 1.53. The number of amides is 2. The first-order valence-electron chi connectivity index (χ1n) is 14.0. The van der Waals surface area contributed by atoms with Gasteiger partial charge in [0.05, 0.1) is 31.0 Å². The first-order valence-corrected chi connectivity index (χ1v) is 14.0. The van der Waals surface area contributed by atoms with Crippen molar-refractivity contribution in [2.75, 3.05) is 32.1 Å². The highest BCUT2D eigenvalue weighted by molar-refractivity contribution is 6.08. The lowest BCUT2D eigenvalue weighted by Crippen LogP contribution is -2.30. The summed E-state index contributed by atoms with van der Waals surface area (Å²) in [4.78, 5) is 50.6. The zero-order chi connectivity index (χ0) is 31.2. The number of aliphatic carboxylic acids is 1. The summed E-state index contributed by atoms with van der Waals surface area (Å²) >= 11 is 0. The molecule has 1 heterocycles. The van der Waals surface area contributed by atoms with Crippen molar-refractivity contribution in [1.29, 1.82) is 5.41 Å². The Morgan fingerprint density at radius 2 is 1.79 bits per heavy atom. The second-order valence-electron chi connectivity index (χ2n) is 11.2. The molecule has 0 saturated carbocycles. The number of hydrogen-bond acceptors (Lipinski definition) is 7. The van der Waals surface area contributed by atoms with Crippen LogP contribution in [-0.2, 0) is 21.5 Å². The second-order valence-corrected chi connectivity index (χ2v) is 11.2. The largest absolute Gasteiger partial charge is 0.493 e. The molecule has 0 unspecified atom stereocenters. The van der Waals surface area contributed by atoms with Crippen LogP contribution in [-0.4, -0.2) is 66.2 Å². The lowest BCUT2D eigenvalue weighted by atomic mass is 9.84. The molecule has 0 aromatic heterocycles. The Labute approximate surface area is 246 Å². The van der Waals surface area contributed by atoms with Crippen LogP contribution in [0.3, 0.4) is 0 Å². The number of amidine groups is 1. The van der Waals surface area contributed by atoms with E-state index < -0.39 is 11.4 Å². The van der Waals surface area contributed by atoms with Gasteiger partial charge >= 0.3 is 5.97 Å². The number of nitrogens with zero attached hydrogens (tertiary/aromatic N) is 1. The molecule has 0 saturated heterocycles. The Morgan fingerprint density at radius 3 is 2.38 bits per heavy atom. The van der Waals surface area contributed by atoms with Gasteiger partial charge in [-0.25, -0.2) is 0 Å². The fraction of sp³-hybridized carbons (Fsp3) is 0.452. The highest BCUT2D eigenvalue weighted by Gasteiger charge is 2.31. The molecule has 4 N–H and O–H groups in total. The van der Waals surface area contributed by atoms with Crippen LogP contribution in [0.1, 0.15) is 91.3 Å². The molecular formula is C31H40N4O7. The van der Waals surface area contributed by atoms with E-state index >= 15 is 0 Å². The molecule has 226 valence electrons. The van der Waals surface area contributed by atoms with Crippen LogP contribution in [0.25, 0.3) is 0 Å². The second kappa shape index (κ2) is 13.5. The Balaban J connectivity index is 1.91. The van der Waals surface area contributed by atoms with Crippen molar-refractivity contribution < 1.29 is 33.8 Å². The molecular weight excluding hydrogens is 540 g/mol. The van der Waals surface area contributed by atoms with Crippen LogP contribution in [0.5, 0.6) is 11.5 Å². The minimum absolute atomic E-state index is 0.0386. The molecule has 0 fully saturated rings. The number of benzene rings is 2. The lowest BCUT2D eigenvalue weighted by molar-refractivity contribution is -0.137. The van der Waals surface area contributed by atoms with Gasteiger partial charge in [0.15, 0.2) is 5.78 Å². The number of hydrogen-bond donors (Lipinski definition) is 4. The van der Waals surface area contributed by atoms with Crippen molar-refractivity contribution in [3.63, 3.8) is 0 Å². The van der Waals surface area contributed by atoms with Crippen molar-refractivity contribution in [1.82, 2.24) is 10.2 Å². The zero-order valence-corrected chi connectivity index (χ0v) is 25.1. The first kappa shape index (κ1) is 32.1. The number of fused-ring (bicyclic) bond motifs is 1. The number of carboxylic acid groups (broad SMARTS) is 1. The summed E-state index contributed by atoms with van der Waals surface area (Å²) in [5, 5.41) is 23.0. The minimum atomic E-state index is -0.872. The molecule has 0 spiro atoms. The smallest absolute Gasteiger partial charge is 0.303 e. The van der Waals surface area contributed by atoms with Crippen LogP contribution in [0.4, 0.5) is 5.69 Å². The van der Waals surface area contributed by atoms with Gasteiger partial charge in [0.25, 0.3) is 5.91 Å². The quantitative estimate of drug-likeness (QED) is 0.201. The van der Waals surface area contributed by atoms with Gasteiger partial charge in [-0.1, -0.05) is 20.8 Å². The Hall–Kier alpha value is -4.41. The van der Waals surface area contributed by atoms with Crippen LogP contribution >= 0.6 is 0 Å². The number of ketones is 1. The van der Waals surface area contributed by atoms with E-state index in [1.807, 2.05) is 27.7 Å². The molecule has 11 heteroatoms. The van der Waals surface area contributed by atoms with Gasteiger partial charge in [0, 0.05) is 43.6 Å². The molecule has 1 aliphatic rings. The topological polar surface area (TPSA) is 158 Å². The number of carbonyl (C=O) groups excluding carboxylic acids is 3. The van der Waals surface area contributed by atoms with E-state index in [-0.39, 0.29) is 43.0 Å². The van der Waals surface area contributed by atoms with Crippen molar-refractivity contribution in [2.24, 2.45) is 0 Å². The molecule has 0 radical (unpaired) electrons. The van der Waals surface area contributed by atoms with E-state index in [4.69, 9.17) is 20.0 Å². The molecule has 42 heavy (non-hydrogen) atoms. The number of carbonyl (C=O) groups is 4. The molecule has 2 aromatic carbocycles. The molecule has 2 amide bonds. The number of unbranched alkanes of at least 4 members (excludes halogenated alkanes) is 1. The summed E-state index contributed by atoms with van der Waals surface area (Å²) < 4.78 is 11.7. The number of nitrogens with one attached hydrogen (secondary N) is 3. The first-order chi connectivity index (χ1) is 19.8. The summed E-state index contributed by atoms with van der Waals surface area (Å²) in [6.45, 7) is 9.94. The van der Waals surface area contributed by atoms with Crippen molar-refractivity contribution in [2.45, 2.75) is 65.8 Å². The summed E-state index contributed by atoms with van der Waals surface area (Å²) in [5.41, 5.74) is 2.63. The SMILES string of the molecule is CCOc1cc2c(cc1C(=O)NC)C(=N)N(CC(=O)c1cc(NC(C)=O)c(OCCCCC(=O)O)c(C(C)(C)C)c1)C2. The molecule has 11 nitrogen and oxygen atoms in total. The maximum atomic E-state index is 13.6. The van der Waals surface area contributed by atoms with Crippen LogP contribution in [0.15, 0.2) is 24.3 Å². The highest BCUT2D eigenvalue weighted by Crippen LogP contribution is 2.39. The third-order valence-electron chi connectivity index (χ3n) is 6.80. The molecule has 3 rings (SSSR count). The Morgan fingerprint density at radius 1 is 1.07 bits per heavy atom. The highest BCUT2D eigenvalue weighted by atomic mass is 16.5. The summed E-state index contributed by atoms with van der Waals surface area (Å²) in [6.07, 6.45) is 1.00. The molecule has 0 bridgehead atoms. The predicted molar refractivity (Wildman–Crippen MR) is 159 cm³/mol. The fourth-order valence-corrected chi connectivity index (χ4v) is 4.75. The van der Waals surface area contributed by atoms with E-state index in [0.29, 0.717) is 65.4 Å². The standard InChI is InChI=1S/C31H40N4O7/c1-7-41-26-14-20-16-35(29(32)21(20)15-22(26)30(40)33-6)17-25(37)19-12-23(31(3,4)5)28(24(13-19)34-18(2)36)42-11-9-8-10-27(38)39/h12-15,32H,7-11,16-17H2,1-6H3,(H,33,40)(H,34,36)(H,38,39). The fourth-order valence-electron chi connectivity index (χ4n) is 4.75. The van der Waals surface area contributed by atoms with Gasteiger partial charge in [-0.2, -0.15) is 0 Å². The normalized spacial score (nSPS) is 12.5. The van der Waals surface area contributed by atoms with Crippen LogP contribution < -0.4 is 20.1 Å². The van der Waals surface area contributed by atoms with E-state index in [1.165, 1.54) is 14.0 Å². The minimum Gasteiger partial charge on any atom is -0.493 e. The van der Waals surface area contributed by atoms with Gasteiger partial charge < -0.3 is 30.1 Å². The number of ether oxygens (including phenoxy) is 2. The monoisotopic (exact) mass is 580 g/mol. The number of anilines is 1. The zero-order valence-electron chi connectivity index (χ0n) is 25.1. The van der Waals surface area contributed by atoms with Gasteiger partial charge in [-0.15, -0.1) is 0 Å². The van der Waals surface area contributed by atoms with Gasteiger partial charge in [0.2, 0.25) is 5.91 Å². The van der Waals surface area contributed by atoms with Crippen molar-refractivity contribution in [3.8, 4) is 11.5 Å².